The van der Waals surface area contributed by atoms with Gasteiger partial charge in [0.1, 0.15) is 12.6 Å². The van der Waals surface area contributed by atoms with Crippen molar-refractivity contribution in [1.29, 1.82) is 0 Å². The van der Waals surface area contributed by atoms with Crippen LogP contribution in [0.15, 0.2) is 48.5 Å². The van der Waals surface area contributed by atoms with Crippen LogP contribution in [0.4, 0.5) is 4.79 Å². The van der Waals surface area contributed by atoms with Gasteiger partial charge in [0.2, 0.25) is 5.91 Å². The molecule has 8 heteroatoms. The Morgan fingerprint density at radius 2 is 1.65 bits per heavy atom. The Balaban J connectivity index is 1.36. The number of amides is 2. The molecule has 0 heterocycles. The summed E-state index contributed by atoms with van der Waals surface area (Å²) in [4.78, 5) is 38.7. The van der Waals surface area contributed by atoms with E-state index in [0.29, 0.717) is 12.8 Å². The minimum atomic E-state index is -1.08. The molecule has 4 rings (SSSR count). The molecular formula is C26H31N3O5. The van der Waals surface area contributed by atoms with Crippen LogP contribution in [-0.4, -0.2) is 67.3 Å². The fourth-order valence-corrected chi connectivity index (χ4v) is 5.07. The second kappa shape index (κ2) is 10.3. The fourth-order valence-electron chi connectivity index (χ4n) is 5.07. The highest BCUT2D eigenvalue weighted by atomic mass is 16.5. The van der Waals surface area contributed by atoms with Gasteiger partial charge in [-0.15, -0.1) is 0 Å². The lowest BCUT2D eigenvalue weighted by atomic mass is 9.98. The van der Waals surface area contributed by atoms with Crippen molar-refractivity contribution in [1.82, 2.24) is 15.5 Å². The molecule has 0 aliphatic heterocycles. The van der Waals surface area contributed by atoms with Gasteiger partial charge in [0.25, 0.3) is 0 Å². The van der Waals surface area contributed by atoms with Gasteiger partial charge in [-0.25, -0.2) is 9.59 Å². The molecule has 2 aromatic rings. The molecule has 0 radical (unpaired) electrons. The summed E-state index contributed by atoms with van der Waals surface area (Å²) in [7, 11) is 3.50. The number of nitrogens with one attached hydrogen (secondary N) is 2. The van der Waals surface area contributed by atoms with E-state index in [1.807, 2.05) is 24.3 Å². The first-order valence-corrected chi connectivity index (χ1v) is 11.6. The van der Waals surface area contributed by atoms with Gasteiger partial charge in [-0.3, -0.25) is 4.79 Å². The van der Waals surface area contributed by atoms with E-state index in [-0.39, 0.29) is 31.0 Å². The largest absolute Gasteiger partial charge is 0.480 e. The molecule has 0 spiro atoms. The lowest BCUT2D eigenvalue weighted by Gasteiger charge is -2.24. The maximum absolute atomic E-state index is 12.8. The van der Waals surface area contributed by atoms with Crippen molar-refractivity contribution in [3.63, 3.8) is 0 Å². The average molecular weight is 466 g/mol. The number of benzene rings is 2. The normalized spacial score (nSPS) is 19.9. The van der Waals surface area contributed by atoms with Crippen molar-refractivity contribution in [3.05, 3.63) is 59.7 Å². The van der Waals surface area contributed by atoms with Crippen molar-refractivity contribution < 1.29 is 24.2 Å². The molecule has 0 unspecified atom stereocenters. The Kier molecular flexibility index (Phi) is 7.17. The lowest BCUT2D eigenvalue weighted by Crippen LogP contribution is -2.51. The Hall–Kier alpha value is -3.39. The van der Waals surface area contributed by atoms with Gasteiger partial charge in [0, 0.05) is 18.5 Å². The summed E-state index contributed by atoms with van der Waals surface area (Å²) in [6.07, 6.45) is 1.45. The number of aliphatic carboxylic acids is 1. The number of ether oxygens (including phenoxy) is 1. The van der Waals surface area contributed by atoms with Crippen LogP contribution in [0.1, 0.15) is 36.3 Å². The van der Waals surface area contributed by atoms with E-state index in [0.717, 1.165) is 28.7 Å². The number of carboxylic acid groups (broad SMARTS) is 1. The molecule has 34 heavy (non-hydrogen) atoms. The predicted molar refractivity (Wildman–Crippen MR) is 127 cm³/mol. The molecule has 3 N–H and O–H groups in total. The maximum atomic E-state index is 12.8. The van der Waals surface area contributed by atoms with E-state index in [9.17, 15) is 19.5 Å². The van der Waals surface area contributed by atoms with Crippen LogP contribution in [0.3, 0.4) is 0 Å². The molecule has 180 valence electrons. The number of hydrogen-bond acceptors (Lipinski definition) is 5. The lowest BCUT2D eigenvalue weighted by molar-refractivity contribution is -0.143. The summed E-state index contributed by atoms with van der Waals surface area (Å²) >= 11 is 0. The van der Waals surface area contributed by atoms with Crippen molar-refractivity contribution in [3.8, 4) is 11.1 Å². The quantitative estimate of drug-likeness (QED) is 0.553. The maximum Gasteiger partial charge on any atom is 0.407 e. The fraction of sp³-hybridized carbons (Fsp3) is 0.423. The monoisotopic (exact) mass is 465 g/mol. The Morgan fingerprint density at radius 3 is 2.24 bits per heavy atom. The molecule has 0 bridgehead atoms. The van der Waals surface area contributed by atoms with E-state index in [2.05, 4.69) is 34.9 Å². The van der Waals surface area contributed by atoms with E-state index < -0.39 is 24.0 Å². The topological polar surface area (TPSA) is 108 Å². The van der Waals surface area contributed by atoms with Crippen LogP contribution in [0, 0.1) is 5.92 Å². The number of carbonyl (C=O) groups is 3. The van der Waals surface area contributed by atoms with Crippen LogP contribution in [0.5, 0.6) is 0 Å². The van der Waals surface area contributed by atoms with E-state index in [1.54, 1.807) is 19.0 Å². The summed E-state index contributed by atoms with van der Waals surface area (Å²) in [6.45, 7) is 0.394. The Bertz CT molecular complexity index is 1020. The van der Waals surface area contributed by atoms with Crippen LogP contribution in [0.25, 0.3) is 11.1 Å². The first kappa shape index (κ1) is 23.8. The second-order valence-electron chi connectivity index (χ2n) is 9.28. The van der Waals surface area contributed by atoms with Crippen molar-refractivity contribution >= 4 is 18.0 Å². The number of carboxylic acids is 1. The molecule has 1 fully saturated rings. The first-order chi connectivity index (χ1) is 16.3. The minimum absolute atomic E-state index is 0.0387. The third kappa shape index (κ3) is 5.07. The van der Waals surface area contributed by atoms with Gasteiger partial charge < -0.3 is 25.4 Å². The van der Waals surface area contributed by atoms with E-state index >= 15 is 0 Å². The summed E-state index contributed by atoms with van der Waals surface area (Å²) in [5.41, 5.74) is 4.58. The summed E-state index contributed by atoms with van der Waals surface area (Å²) < 4.78 is 5.62. The highest BCUT2D eigenvalue weighted by Gasteiger charge is 2.36. The van der Waals surface area contributed by atoms with Crippen LogP contribution in [0.2, 0.25) is 0 Å². The third-order valence-corrected chi connectivity index (χ3v) is 6.66. The highest BCUT2D eigenvalue weighted by molar-refractivity contribution is 5.86. The molecule has 0 aromatic heterocycles. The number of fused-ring (bicyclic) bond motifs is 3. The van der Waals surface area contributed by atoms with E-state index in [1.165, 1.54) is 0 Å². The summed E-state index contributed by atoms with van der Waals surface area (Å²) in [5, 5.41) is 14.9. The van der Waals surface area contributed by atoms with Gasteiger partial charge in [-0.1, -0.05) is 55.0 Å². The van der Waals surface area contributed by atoms with Gasteiger partial charge in [0.15, 0.2) is 0 Å². The minimum Gasteiger partial charge on any atom is -0.480 e. The molecule has 2 aromatic carbocycles. The molecule has 8 nitrogen and oxygen atoms in total. The third-order valence-electron chi connectivity index (χ3n) is 6.66. The zero-order valence-electron chi connectivity index (χ0n) is 19.5. The molecule has 2 amide bonds. The first-order valence-electron chi connectivity index (χ1n) is 11.6. The number of carbonyl (C=O) groups excluding carboxylic acids is 2. The zero-order valence-corrected chi connectivity index (χ0v) is 19.5. The van der Waals surface area contributed by atoms with Crippen molar-refractivity contribution in [2.75, 3.05) is 27.2 Å². The van der Waals surface area contributed by atoms with Gasteiger partial charge >= 0.3 is 12.1 Å². The predicted octanol–water partition coefficient (Wildman–Crippen LogP) is 2.82. The van der Waals surface area contributed by atoms with Crippen LogP contribution < -0.4 is 10.6 Å². The molecule has 3 atom stereocenters. The van der Waals surface area contributed by atoms with Crippen molar-refractivity contribution in [2.24, 2.45) is 5.92 Å². The second-order valence-corrected chi connectivity index (χ2v) is 9.28. The number of nitrogens with zero attached hydrogens (tertiary/aromatic N) is 1. The van der Waals surface area contributed by atoms with Gasteiger partial charge in [-0.2, -0.15) is 0 Å². The summed E-state index contributed by atoms with van der Waals surface area (Å²) in [6, 6.07) is 14.9. The number of alkyl carbamates (subject to hydrolysis) is 1. The molecule has 0 saturated heterocycles. The number of likely N-dealkylation sites (N-methyl/N-ethyl adjacent to an activating group) is 1. The Morgan fingerprint density at radius 1 is 1.03 bits per heavy atom. The molecular weight excluding hydrogens is 434 g/mol. The zero-order chi connectivity index (χ0) is 24.2. The number of hydrogen-bond donors (Lipinski definition) is 3. The molecule has 2 aliphatic rings. The standard InChI is InChI=1S/C26H31N3O5/c1-29(2)14-23(25(31)32)27-24(30)20-12-7-13-22(20)28-26(33)34-15-21-18-10-5-3-8-16(18)17-9-4-6-11-19(17)21/h3-6,8-11,20-23H,7,12-15H2,1-2H3,(H,27,30)(H,28,33)(H,31,32)/t20-,22+,23-/m0/s1. The number of rotatable bonds is 8. The van der Waals surface area contributed by atoms with Crippen molar-refractivity contribution in [2.45, 2.75) is 37.3 Å². The molecule has 2 aliphatic carbocycles. The average Bonchev–Trinajstić information content (AvgIpc) is 3.39. The van der Waals surface area contributed by atoms with Crippen LogP contribution in [-0.2, 0) is 14.3 Å². The van der Waals surface area contributed by atoms with E-state index in [4.69, 9.17) is 4.74 Å². The Labute approximate surface area is 199 Å². The smallest absolute Gasteiger partial charge is 0.407 e. The van der Waals surface area contributed by atoms with Crippen LogP contribution >= 0.6 is 0 Å². The SMILES string of the molecule is CN(C)C[C@H](NC(=O)[C@H]1CCC[C@H]1NC(=O)OCC1c2ccccc2-c2ccccc21)C(=O)O. The summed E-state index contributed by atoms with van der Waals surface area (Å²) in [5.74, 6) is -1.95. The highest BCUT2D eigenvalue weighted by Crippen LogP contribution is 2.44. The van der Waals surface area contributed by atoms with Gasteiger partial charge in [0.05, 0.1) is 5.92 Å². The molecule has 1 saturated carbocycles. The van der Waals surface area contributed by atoms with Gasteiger partial charge in [-0.05, 0) is 49.2 Å².